The van der Waals surface area contributed by atoms with Crippen molar-refractivity contribution in [1.82, 2.24) is 0 Å². The van der Waals surface area contributed by atoms with Gasteiger partial charge in [-0.2, -0.15) is 0 Å². The lowest BCUT2D eigenvalue weighted by atomic mass is 10.0. The van der Waals surface area contributed by atoms with Crippen LogP contribution in [0.15, 0.2) is 0 Å². The van der Waals surface area contributed by atoms with Crippen LogP contribution in [0.2, 0.25) is 0 Å². The highest BCUT2D eigenvalue weighted by Gasteiger charge is 2.27. The Labute approximate surface area is 110 Å². The fourth-order valence-electron chi connectivity index (χ4n) is 1.77. The van der Waals surface area contributed by atoms with Crippen LogP contribution in [0.4, 0.5) is 0 Å². The van der Waals surface area contributed by atoms with Crippen molar-refractivity contribution in [1.29, 1.82) is 0 Å². The summed E-state index contributed by atoms with van der Waals surface area (Å²) in [5.41, 5.74) is -0.277. The zero-order chi connectivity index (χ0) is 14.6. The van der Waals surface area contributed by atoms with Crippen molar-refractivity contribution >= 4 is 5.97 Å². The Morgan fingerprint density at radius 3 is 2.21 bits per heavy atom. The topological polar surface area (TPSA) is 107 Å². The summed E-state index contributed by atoms with van der Waals surface area (Å²) in [6, 6.07) is 0. The predicted octanol–water partition coefficient (Wildman–Crippen LogP) is 2.24. The quantitative estimate of drug-likeness (QED) is 0.466. The molecule has 0 saturated carbocycles. The molecule has 19 heavy (non-hydrogen) atoms. The second-order valence-electron chi connectivity index (χ2n) is 4.09. The molecule has 0 aliphatic rings. The van der Waals surface area contributed by atoms with E-state index in [-0.39, 0.29) is 29.9 Å². The van der Waals surface area contributed by atoms with Crippen LogP contribution in [0.25, 0.3) is 0 Å². The number of rotatable bonds is 6. The molecule has 0 heterocycles. The molecule has 0 bridgehead atoms. The first-order valence-corrected chi connectivity index (χ1v) is 6.11. The average molecular weight is 270 g/mol. The fourth-order valence-corrected chi connectivity index (χ4v) is 1.77. The minimum absolute atomic E-state index is 0.0364. The molecule has 1 aromatic carbocycles. The van der Waals surface area contributed by atoms with Crippen molar-refractivity contribution in [2.45, 2.75) is 33.1 Å². The molecule has 0 aliphatic carbocycles. The lowest BCUT2D eigenvalue weighted by molar-refractivity contribution is 0.0689. The van der Waals surface area contributed by atoms with E-state index in [1.807, 2.05) is 6.92 Å². The molecular formula is C13H18O6. The lowest BCUT2D eigenvalue weighted by Crippen LogP contribution is -2.08. The van der Waals surface area contributed by atoms with Crippen molar-refractivity contribution < 1.29 is 30.0 Å². The van der Waals surface area contributed by atoms with Crippen LogP contribution in [0.1, 0.15) is 42.6 Å². The van der Waals surface area contributed by atoms with Crippen LogP contribution in [0.5, 0.6) is 23.0 Å². The van der Waals surface area contributed by atoms with Gasteiger partial charge in [-0.3, -0.25) is 0 Å². The van der Waals surface area contributed by atoms with Gasteiger partial charge in [0.15, 0.2) is 11.5 Å². The van der Waals surface area contributed by atoms with Gasteiger partial charge in [0.1, 0.15) is 5.56 Å². The Morgan fingerprint density at radius 2 is 1.74 bits per heavy atom. The minimum Gasteiger partial charge on any atom is -0.504 e. The highest BCUT2D eigenvalue weighted by molar-refractivity contribution is 5.96. The van der Waals surface area contributed by atoms with Gasteiger partial charge < -0.3 is 25.2 Å². The third kappa shape index (κ3) is 2.83. The summed E-state index contributed by atoms with van der Waals surface area (Å²) >= 11 is 0. The van der Waals surface area contributed by atoms with Gasteiger partial charge in [0.05, 0.1) is 6.61 Å². The summed E-state index contributed by atoms with van der Waals surface area (Å²) in [7, 11) is 0. The summed E-state index contributed by atoms with van der Waals surface area (Å²) in [5, 5.41) is 38.2. The molecule has 106 valence electrons. The number of aromatic hydroxyl groups is 3. The molecule has 0 fully saturated rings. The summed E-state index contributed by atoms with van der Waals surface area (Å²) < 4.78 is 5.25. The molecular weight excluding hydrogens is 252 g/mol. The molecule has 0 aromatic heterocycles. The Hall–Kier alpha value is -2.11. The van der Waals surface area contributed by atoms with Gasteiger partial charge in [0, 0.05) is 5.56 Å². The Morgan fingerprint density at radius 1 is 1.11 bits per heavy atom. The maximum Gasteiger partial charge on any atom is 0.340 e. The van der Waals surface area contributed by atoms with Gasteiger partial charge in [-0.25, -0.2) is 4.79 Å². The number of unbranched alkanes of at least 4 members (excludes halogenated alkanes) is 1. The smallest absolute Gasteiger partial charge is 0.340 e. The number of phenolic OH excluding ortho intramolecular Hbond substituents is 3. The van der Waals surface area contributed by atoms with E-state index in [0.717, 1.165) is 6.42 Å². The maximum absolute atomic E-state index is 11.3. The number of hydrogen-bond donors (Lipinski definition) is 4. The molecule has 0 saturated heterocycles. The maximum atomic E-state index is 11.3. The zero-order valence-electron chi connectivity index (χ0n) is 10.9. The number of benzene rings is 1. The normalized spacial score (nSPS) is 10.4. The minimum atomic E-state index is -1.33. The molecule has 6 nitrogen and oxygen atoms in total. The zero-order valence-corrected chi connectivity index (χ0v) is 10.9. The van der Waals surface area contributed by atoms with Crippen LogP contribution >= 0.6 is 0 Å². The third-order valence-electron chi connectivity index (χ3n) is 2.79. The monoisotopic (exact) mass is 270 g/mol. The highest BCUT2D eigenvalue weighted by Crippen LogP contribution is 2.48. The van der Waals surface area contributed by atoms with E-state index in [9.17, 15) is 25.2 Å². The van der Waals surface area contributed by atoms with Crippen molar-refractivity contribution in [2.75, 3.05) is 6.61 Å². The molecule has 0 atom stereocenters. The standard InChI is InChI=1S/C13H18O6/c1-3-5-6-19-12-8(13(17)18)7(4-2)9(14)10(15)11(12)16/h14-16H,3-6H2,1-2H3,(H,17,18). The van der Waals surface area contributed by atoms with Gasteiger partial charge in [-0.05, 0) is 12.8 Å². The SMILES string of the molecule is CCCCOc1c(O)c(O)c(O)c(CC)c1C(=O)O. The molecule has 0 amide bonds. The number of carboxylic acid groups (broad SMARTS) is 1. The first-order chi connectivity index (χ1) is 8.95. The average Bonchev–Trinajstić information content (AvgIpc) is 2.38. The predicted molar refractivity (Wildman–Crippen MR) is 68.2 cm³/mol. The molecule has 6 heteroatoms. The van der Waals surface area contributed by atoms with Gasteiger partial charge in [-0.1, -0.05) is 20.3 Å². The number of ether oxygens (including phenoxy) is 1. The molecule has 0 unspecified atom stereocenters. The van der Waals surface area contributed by atoms with E-state index < -0.39 is 23.2 Å². The highest BCUT2D eigenvalue weighted by atomic mass is 16.5. The molecule has 1 rings (SSSR count). The summed E-state index contributed by atoms with van der Waals surface area (Å²) in [5.74, 6) is -3.75. The van der Waals surface area contributed by atoms with Crippen molar-refractivity contribution in [2.24, 2.45) is 0 Å². The molecule has 0 spiro atoms. The van der Waals surface area contributed by atoms with Crippen LogP contribution < -0.4 is 4.74 Å². The molecule has 0 aliphatic heterocycles. The Bertz CT molecular complexity index is 481. The van der Waals surface area contributed by atoms with Gasteiger partial charge in [0.2, 0.25) is 11.5 Å². The van der Waals surface area contributed by atoms with Crippen molar-refractivity contribution in [3.05, 3.63) is 11.1 Å². The second kappa shape index (κ2) is 6.17. The van der Waals surface area contributed by atoms with Gasteiger partial charge >= 0.3 is 5.97 Å². The molecule has 4 N–H and O–H groups in total. The van der Waals surface area contributed by atoms with E-state index >= 15 is 0 Å². The van der Waals surface area contributed by atoms with E-state index in [2.05, 4.69) is 0 Å². The summed E-state index contributed by atoms with van der Waals surface area (Å²) in [6.07, 6.45) is 1.71. The van der Waals surface area contributed by atoms with Crippen LogP contribution in [-0.4, -0.2) is 33.0 Å². The van der Waals surface area contributed by atoms with E-state index in [1.165, 1.54) is 0 Å². The van der Waals surface area contributed by atoms with E-state index in [4.69, 9.17) is 4.74 Å². The number of hydrogen-bond acceptors (Lipinski definition) is 5. The van der Waals surface area contributed by atoms with Gasteiger partial charge in [-0.15, -0.1) is 0 Å². The largest absolute Gasteiger partial charge is 0.504 e. The van der Waals surface area contributed by atoms with Crippen molar-refractivity contribution in [3.63, 3.8) is 0 Å². The van der Waals surface area contributed by atoms with Crippen molar-refractivity contribution in [3.8, 4) is 23.0 Å². The number of aromatic carboxylic acids is 1. The van der Waals surface area contributed by atoms with Gasteiger partial charge in [0.25, 0.3) is 0 Å². The third-order valence-corrected chi connectivity index (χ3v) is 2.79. The Balaban J connectivity index is 3.40. The lowest BCUT2D eigenvalue weighted by Gasteiger charge is -2.16. The van der Waals surface area contributed by atoms with Crippen LogP contribution in [0, 0.1) is 0 Å². The number of carbonyl (C=O) groups is 1. The molecule has 1 aromatic rings. The summed E-state index contributed by atoms with van der Waals surface area (Å²) in [4.78, 5) is 11.3. The first kappa shape index (κ1) is 14.9. The second-order valence-corrected chi connectivity index (χ2v) is 4.09. The first-order valence-electron chi connectivity index (χ1n) is 6.11. The number of carboxylic acids is 1. The van der Waals surface area contributed by atoms with Crippen LogP contribution in [-0.2, 0) is 6.42 Å². The Kier molecular flexibility index (Phi) is 4.86. The fraction of sp³-hybridized carbons (Fsp3) is 0.462. The van der Waals surface area contributed by atoms with E-state index in [0.29, 0.717) is 6.42 Å². The summed E-state index contributed by atoms with van der Waals surface area (Å²) in [6.45, 7) is 3.79. The van der Waals surface area contributed by atoms with Crippen LogP contribution in [0.3, 0.4) is 0 Å². The number of phenols is 3. The molecule has 0 radical (unpaired) electrons. The van der Waals surface area contributed by atoms with E-state index in [1.54, 1.807) is 6.92 Å².